The summed E-state index contributed by atoms with van der Waals surface area (Å²) in [6.07, 6.45) is 5.96. The number of anilines is 1. The zero-order chi connectivity index (χ0) is 20.8. The van der Waals surface area contributed by atoms with Crippen molar-refractivity contribution in [3.05, 3.63) is 72.3 Å². The molecule has 0 radical (unpaired) electrons. The summed E-state index contributed by atoms with van der Waals surface area (Å²) in [5.74, 6) is 0.306. The minimum absolute atomic E-state index is 0.0260. The summed E-state index contributed by atoms with van der Waals surface area (Å²) >= 11 is 0. The van der Waals surface area contributed by atoms with Crippen molar-refractivity contribution in [2.24, 2.45) is 5.92 Å². The molecule has 2 saturated heterocycles. The van der Waals surface area contributed by atoms with Crippen molar-refractivity contribution in [2.75, 3.05) is 31.5 Å². The molecule has 2 fully saturated rings. The number of carbonyl (C=O) groups excluding carboxylic acids is 2. The Morgan fingerprint density at radius 1 is 0.833 bits per heavy atom. The zero-order valence-electron chi connectivity index (χ0n) is 17.2. The summed E-state index contributed by atoms with van der Waals surface area (Å²) in [5, 5.41) is 3.52. The SMILES string of the molecule is O=C(/C=C/c1ccccc1)N1CCC(C(=O)N2CCC(Nc3ccccc3)C2)CC1. The topological polar surface area (TPSA) is 52.7 Å². The Morgan fingerprint density at radius 2 is 1.47 bits per heavy atom. The number of hydrogen-bond acceptors (Lipinski definition) is 3. The molecule has 0 spiro atoms. The molecule has 2 aliphatic heterocycles. The third-order valence-electron chi connectivity index (χ3n) is 6.02. The molecule has 156 valence electrons. The van der Waals surface area contributed by atoms with E-state index in [1.165, 1.54) is 0 Å². The first-order valence-electron chi connectivity index (χ1n) is 10.8. The first kappa shape index (κ1) is 20.2. The fourth-order valence-electron chi connectivity index (χ4n) is 4.29. The Labute approximate surface area is 178 Å². The maximum absolute atomic E-state index is 13.0. The monoisotopic (exact) mass is 403 g/mol. The normalized spacial score (nSPS) is 19.9. The third-order valence-corrected chi connectivity index (χ3v) is 6.02. The van der Waals surface area contributed by atoms with Gasteiger partial charge in [-0.1, -0.05) is 48.5 Å². The van der Waals surface area contributed by atoms with Crippen LogP contribution in [0.3, 0.4) is 0 Å². The number of rotatable bonds is 5. The molecule has 5 heteroatoms. The quantitative estimate of drug-likeness (QED) is 0.776. The summed E-state index contributed by atoms with van der Waals surface area (Å²) in [5.41, 5.74) is 2.12. The third kappa shape index (κ3) is 5.09. The Hall–Kier alpha value is -3.08. The second-order valence-electron chi connectivity index (χ2n) is 8.12. The molecule has 2 aromatic rings. The highest BCUT2D eigenvalue weighted by atomic mass is 16.2. The standard InChI is InChI=1S/C25H29N3O2/c29-24(12-11-20-7-3-1-4-8-20)27-16-13-21(14-17-27)25(30)28-18-15-23(19-28)26-22-9-5-2-6-10-22/h1-12,21,23,26H,13-19H2/b12-11+. The van der Waals surface area contributed by atoms with Crippen LogP contribution in [0.15, 0.2) is 66.7 Å². The van der Waals surface area contributed by atoms with Gasteiger partial charge in [-0.25, -0.2) is 0 Å². The van der Waals surface area contributed by atoms with Gasteiger partial charge in [0.2, 0.25) is 11.8 Å². The molecule has 2 heterocycles. The lowest BCUT2D eigenvalue weighted by atomic mass is 9.95. The molecule has 1 unspecified atom stereocenters. The van der Waals surface area contributed by atoms with Gasteiger partial charge in [-0.05, 0) is 43.0 Å². The van der Waals surface area contributed by atoms with E-state index >= 15 is 0 Å². The molecule has 2 amide bonds. The van der Waals surface area contributed by atoms with Crippen molar-refractivity contribution in [2.45, 2.75) is 25.3 Å². The maximum atomic E-state index is 13.0. The number of nitrogens with one attached hydrogen (secondary N) is 1. The fraction of sp³-hybridized carbons (Fsp3) is 0.360. The van der Waals surface area contributed by atoms with Crippen LogP contribution in [0.5, 0.6) is 0 Å². The van der Waals surface area contributed by atoms with Gasteiger partial charge >= 0.3 is 0 Å². The molecule has 0 bridgehead atoms. The fourth-order valence-corrected chi connectivity index (χ4v) is 4.29. The molecule has 2 aliphatic rings. The second kappa shape index (κ2) is 9.61. The Morgan fingerprint density at radius 3 is 2.17 bits per heavy atom. The number of carbonyl (C=O) groups is 2. The van der Waals surface area contributed by atoms with Crippen molar-refractivity contribution in [1.82, 2.24) is 9.80 Å². The Balaban J connectivity index is 1.23. The van der Waals surface area contributed by atoms with Gasteiger partial charge in [0.15, 0.2) is 0 Å². The molecule has 0 saturated carbocycles. The summed E-state index contributed by atoms with van der Waals surface area (Å²) in [4.78, 5) is 29.3. The van der Waals surface area contributed by atoms with Gasteiger partial charge in [-0.2, -0.15) is 0 Å². The lowest BCUT2D eigenvalue weighted by molar-refractivity contribution is -0.138. The summed E-state index contributed by atoms with van der Waals surface area (Å²) in [7, 11) is 0. The number of nitrogens with zero attached hydrogens (tertiary/aromatic N) is 2. The molecule has 0 aromatic heterocycles. The van der Waals surface area contributed by atoms with Gasteiger partial charge in [0.1, 0.15) is 0 Å². The number of hydrogen-bond donors (Lipinski definition) is 1. The van der Waals surface area contributed by atoms with E-state index in [-0.39, 0.29) is 17.7 Å². The summed E-state index contributed by atoms with van der Waals surface area (Å²) in [6, 6.07) is 20.3. The highest BCUT2D eigenvalue weighted by molar-refractivity contribution is 5.92. The van der Waals surface area contributed by atoms with E-state index in [2.05, 4.69) is 17.4 Å². The van der Waals surface area contributed by atoms with Crippen LogP contribution in [0.25, 0.3) is 6.08 Å². The molecule has 30 heavy (non-hydrogen) atoms. The Bertz CT molecular complexity index is 874. The lowest BCUT2D eigenvalue weighted by Gasteiger charge is -2.32. The molecule has 1 N–H and O–H groups in total. The van der Waals surface area contributed by atoms with E-state index < -0.39 is 0 Å². The average Bonchev–Trinajstić information content (AvgIpc) is 3.27. The number of likely N-dealkylation sites (tertiary alicyclic amines) is 2. The second-order valence-corrected chi connectivity index (χ2v) is 8.12. The van der Waals surface area contributed by atoms with Crippen molar-refractivity contribution >= 4 is 23.6 Å². The van der Waals surface area contributed by atoms with Crippen LogP contribution < -0.4 is 5.32 Å². The number of benzene rings is 2. The minimum atomic E-state index is 0.0260. The van der Waals surface area contributed by atoms with E-state index in [4.69, 9.17) is 0 Å². The summed E-state index contributed by atoms with van der Waals surface area (Å²) < 4.78 is 0. The summed E-state index contributed by atoms with van der Waals surface area (Å²) in [6.45, 7) is 2.86. The smallest absolute Gasteiger partial charge is 0.246 e. The van der Waals surface area contributed by atoms with Crippen LogP contribution in [0.4, 0.5) is 5.69 Å². The predicted molar refractivity (Wildman–Crippen MR) is 120 cm³/mol. The molecular weight excluding hydrogens is 374 g/mol. The van der Waals surface area contributed by atoms with E-state index in [0.717, 1.165) is 43.6 Å². The Kier molecular flexibility index (Phi) is 6.47. The molecule has 0 aliphatic carbocycles. The highest BCUT2D eigenvalue weighted by Gasteiger charge is 2.33. The number of piperidine rings is 1. The average molecular weight is 404 g/mol. The predicted octanol–water partition coefficient (Wildman–Crippen LogP) is 3.65. The number of amides is 2. The van der Waals surface area contributed by atoms with Crippen molar-refractivity contribution in [3.63, 3.8) is 0 Å². The zero-order valence-corrected chi connectivity index (χ0v) is 17.2. The van der Waals surface area contributed by atoms with E-state index in [0.29, 0.717) is 19.1 Å². The van der Waals surface area contributed by atoms with Crippen LogP contribution in [-0.4, -0.2) is 53.8 Å². The van der Waals surface area contributed by atoms with Gasteiger partial charge in [0.25, 0.3) is 0 Å². The van der Waals surface area contributed by atoms with Crippen molar-refractivity contribution in [1.29, 1.82) is 0 Å². The molecule has 1 atom stereocenters. The minimum Gasteiger partial charge on any atom is -0.380 e. The van der Waals surface area contributed by atoms with Crippen molar-refractivity contribution in [3.8, 4) is 0 Å². The van der Waals surface area contributed by atoms with Gasteiger partial charge in [-0.15, -0.1) is 0 Å². The van der Waals surface area contributed by atoms with Crippen LogP contribution in [0, 0.1) is 5.92 Å². The van der Waals surface area contributed by atoms with Crippen LogP contribution in [0.2, 0.25) is 0 Å². The van der Waals surface area contributed by atoms with E-state index in [1.54, 1.807) is 6.08 Å². The van der Waals surface area contributed by atoms with Gasteiger partial charge in [0, 0.05) is 49.9 Å². The molecule has 5 nitrogen and oxygen atoms in total. The lowest BCUT2D eigenvalue weighted by Crippen LogP contribution is -2.43. The first-order valence-corrected chi connectivity index (χ1v) is 10.8. The maximum Gasteiger partial charge on any atom is 0.246 e. The molecule has 4 rings (SSSR count). The highest BCUT2D eigenvalue weighted by Crippen LogP contribution is 2.23. The molecular formula is C25H29N3O2. The van der Waals surface area contributed by atoms with Gasteiger partial charge in [-0.3, -0.25) is 9.59 Å². The van der Waals surface area contributed by atoms with Crippen LogP contribution in [0.1, 0.15) is 24.8 Å². The van der Waals surface area contributed by atoms with Gasteiger partial charge < -0.3 is 15.1 Å². The van der Waals surface area contributed by atoms with E-state index in [1.807, 2.05) is 64.4 Å². The number of para-hydroxylation sites is 1. The van der Waals surface area contributed by atoms with Crippen molar-refractivity contribution < 1.29 is 9.59 Å². The first-order chi connectivity index (χ1) is 14.7. The van der Waals surface area contributed by atoms with Gasteiger partial charge in [0.05, 0.1) is 0 Å². The molecule has 2 aromatic carbocycles. The van der Waals surface area contributed by atoms with Crippen LogP contribution >= 0.6 is 0 Å². The van der Waals surface area contributed by atoms with E-state index in [9.17, 15) is 9.59 Å². The van der Waals surface area contributed by atoms with Crippen LogP contribution in [-0.2, 0) is 9.59 Å². The largest absolute Gasteiger partial charge is 0.380 e.